The Kier molecular flexibility index (Phi) is 9.60. The standard InChI is InChI=1S/C18H17NO5.O.V/c20-16-9-5-4-6-13(16)12-19-15(18(22)23)10-11-17(21)24-14-7-2-1-3-8-14;;/h1-9,12,15,20H,10-11H2,(H,22,23);;/q;;+2/p-2. The number of rotatable bonds is 7. The van der Waals surface area contributed by atoms with Gasteiger partial charge in [0.15, 0.2) is 0 Å². The summed E-state index contributed by atoms with van der Waals surface area (Å²) in [6.07, 6.45) is 0.973. The van der Waals surface area contributed by atoms with Crippen LogP contribution in [0.4, 0.5) is 0 Å². The Bertz CT molecular complexity index is 750. The zero-order valence-electron chi connectivity index (χ0n) is 13.6. The average Bonchev–Trinajstić information content (AvgIpc) is 2.65. The van der Waals surface area contributed by atoms with Crippen LogP contribution in [0.3, 0.4) is 0 Å². The molecule has 0 amide bonds. The van der Waals surface area contributed by atoms with E-state index < -0.39 is 18.0 Å². The first-order valence-electron chi connectivity index (χ1n) is 7.50. The number of aliphatic imine (C=N–C) groups is 1. The molecular formula is C18H15NO6V. The molecule has 8 heteroatoms. The fraction of sp³-hybridized carbons (Fsp3) is 0.167. The van der Waals surface area contributed by atoms with Crippen molar-refractivity contribution in [1.82, 2.24) is 0 Å². The topological polar surface area (TPSA) is 119 Å². The summed E-state index contributed by atoms with van der Waals surface area (Å²) in [5, 5.41) is 22.7. The molecule has 133 valence electrons. The van der Waals surface area contributed by atoms with E-state index in [1.54, 1.807) is 42.5 Å². The number of carbonyl (C=O) groups excluding carboxylic acids is 2. The minimum absolute atomic E-state index is 0.0779. The van der Waals surface area contributed by atoms with E-state index in [1.807, 2.05) is 0 Å². The molecule has 1 atom stereocenters. The first-order chi connectivity index (χ1) is 12.6. The first kappa shape index (κ1) is 21.3. The molecule has 26 heavy (non-hydrogen) atoms. The summed E-state index contributed by atoms with van der Waals surface area (Å²) in [5.74, 6) is -1.85. The van der Waals surface area contributed by atoms with Gasteiger partial charge in [-0.05, 0) is 24.1 Å². The maximum absolute atomic E-state index is 11.7. The Morgan fingerprint density at radius 2 is 1.69 bits per heavy atom. The predicted molar refractivity (Wildman–Crippen MR) is 84.3 cm³/mol. The summed E-state index contributed by atoms with van der Waals surface area (Å²) in [6, 6.07) is 13.3. The van der Waals surface area contributed by atoms with Gasteiger partial charge in [0.25, 0.3) is 0 Å². The van der Waals surface area contributed by atoms with E-state index in [4.69, 9.17) is 8.41 Å². The molecule has 0 aliphatic rings. The zero-order valence-corrected chi connectivity index (χ0v) is 15.0. The Hall–Kier alpha value is -2.77. The molecule has 0 radical (unpaired) electrons. The van der Waals surface area contributed by atoms with Crippen LogP contribution in [0.1, 0.15) is 18.4 Å². The molecule has 0 N–H and O–H groups in total. The van der Waals surface area contributed by atoms with Crippen molar-refractivity contribution in [1.29, 1.82) is 0 Å². The second-order valence-corrected chi connectivity index (χ2v) is 4.98. The Labute approximate surface area is 159 Å². The van der Waals surface area contributed by atoms with Gasteiger partial charge in [-0.1, -0.05) is 42.5 Å². The quantitative estimate of drug-likeness (QED) is 0.386. The van der Waals surface area contributed by atoms with Crippen molar-refractivity contribution in [2.24, 2.45) is 4.99 Å². The third-order valence-electron chi connectivity index (χ3n) is 3.18. The van der Waals surface area contributed by atoms with E-state index in [0.29, 0.717) is 5.75 Å². The van der Waals surface area contributed by atoms with Crippen LogP contribution in [0, 0.1) is 0 Å². The van der Waals surface area contributed by atoms with Gasteiger partial charge in [-0.25, -0.2) is 0 Å². The summed E-state index contributed by atoms with van der Waals surface area (Å²) in [5.41, 5.74) is 0.274. The van der Waals surface area contributed by atoms with E-state index in [9.17, 15) is 19.8 Å². The van der Waals surface area contributed by atoms with Gasteiger partial charge in [0.1, 0.15) is 5.75 Å². The van der Waals surface area contributed by atoms with Gasteiger partial charge in [0.05, 0.1) is 12.0 Å². The molecule has 0 spiro atoms. The van der Waals surface area contributed by atoms with Crippen LogP contribution >= 0.6 is 0 Å². The molecule has 0 heterocycles. The summed E-state index contributed by atoms with van der Waals surface area (Å²) in [7, 11) is 0. The maximum atomic E-state index is 11.7. The number of para-hydroxylation sites is 2. The molecule has 0 saturated heterocycles. The Balaban J connectivity index is 0.00000163. The summed E-state index contributed by atoms with van der Waals surface area (Å²) in [4.78, 5) is 26.7. The van der Waals surface area contributed by atoms with Crippen molar-refractivity contribution in [3.8, 4) is 11.5 Å². The molecule has 2 rings (SSSR count). The molecule has 0 aliphatic carbocycles. The number of nitrogens with zero attached hydrogens (tertiary/aromatic N) is 1. The van der Waals surface area contributed by atoms with Gasteiger partial charge in [-0.15, -0.1) is 5.75 Å². The number of aliphatic carboxylic acids is 1. The third kappa shape index (κ3) is 7.42. The Morgan fingerprint density at radius 1 is 1.08 bits per heavy atom. The van der Waals surface area contributed by atoms with Crippen molar-refractivity contribution in [2.45, 2.75) is 18.9 Å². The number of ether oxygens (including phenoxy) is 1. The molecule has 0 saturated carbocycles. The second-order valence-electron chi connectivity index (χ2n) is 4.98. The number of carbonyl (C=O) groups is 2. The number of carboxylic acids is 1. The first-order valence-corrected chi connectivity index (χ1v) is 8.07. The number of carboxylic acid groups (broad SMARTS) is 1. The third-order valence-corrected chi connectivity index (χ3v) is 3.18. The predicted octanol–water partition coefficient (Wildman–Crippen LogP) is 0.562. The van der Waals surface area contributed by atoms with Crippen LogP contribution in [-0.2, 0) is 30.6 Å². The van der Waals surface area contributed by atoms with E-state index in [0.717, 1.165) is 17.4 Å². The van der Waals surface area contributed by atoms with Crippen LogP contribution in [0.2, 0.25) is 0 Å². The summed E-state index contributed by atoms with van der Waals surface area (Å²) in [6.45, 7) is 0. The van der Waals surface area contributed by atoms with Crippen LogP contribution in [0.15, 0.2) is 59.6 Å². The molecule has 7 nitrogen and oxygen atoms in total. The number of hydrogen-bond acceptors (Lipinski definition) is 7. The normalized spacial score (nSPS) is 11.3. The minimum atomic E-state index is -1.41. The van der Waals surface area contributed by atoms with Crippen LogP contribution in [-0.4, -0.2) is 24.2 Å². The molecule has 0 aliphatic heterocycles. The van der Waals surface area contributed by atoms with Crippen molar-refractivity contribution in [2.75, 3.05) is 0 Å². The van der Waals surface area contributed by atoms with E-state index in [-0.39, 0.29) is 24.2 Å². The van der Waals surface area contributed by atoms with Gasteiger partial charge in [0, 0.05) is 12.6 Å². The van der Waals surface area contributed by atoms with Crippen LogP contribution in [0.5, 0.6) is 11.5 Å². The van der Waals surface area contributed by atoms with E-state index in [2.05, 4.69) is 4.99 Å². The van der Waals surface area contributed by atoms with Crippen LogP contribution < -0.4 is 14.9 Å². The van der Waals surface area contributed by atoms with Gasteiger partial charge in [0.2, 0.25) is 0 Å². The van der Waals surface area contributed by atoms with Gasteiger partial charge in [-0.2, -0.15) is 0 Å². The second kappa shape index (κ2) is 11.7. The number of benzene rings is 2. The molecule has 2 aromatic rings. The molecule has 0 bridgehead atoms. The molecular weight excluding hydrogens is 377 g/mol. The molecule has 0 aromatic heterocycles. The molecule has 2 aromatic carbocycles. The number of esters is 1. The van der Waals surface area contributed by atoms with Crippen molar-refractivity contribution in [3.05, 3.63) is 60.2 Å². The number of hydrogen-bond donors (Lipinski definition) is 0. The van der Waals surface area contributed by atoms with Gasteiger partial charge < -0.3 is 19.7 Å². The van der Waals surface area contributed by atoms with Gasteiger partial charge in [-0.3, -0.25) is 9.79 Å². The van der Waals surface area contributed by atoms with E-state index >= 15 is 0 Å². The monoisotopic (exact) mass is 392 g/mol. The van der Waals surface area contributed by atoms with Crippen molar-refractivity contribution < 1.29 is 45.6 Å². The molecule has 1 unspecified atom stereocenters. The van der Waals surface area contributed by atoms with Gasteiger partial charge >= 0.3 is 27.0 Å². The molecule has 0 fully saturated rings. The average molecular weight is 392 g/mol. The van der Waals surface area contributed by atoms with Crippen molar-refractivity contribution in [3.63, 3.8) is 0 Å². The Morgan fingerprint density at radius 3 is 2.31 bits per heavy atom. The van der Waals surface area contributed by atoms with Crippen LogP contribution in [0.25, 0.3) is 0 Å². The summed E-state index contributed by atoms with van der Waals surface area (Å²) < 4.78 is 13.3. The zero-order chi connectivity index (χ0) is 19.4. The van der Waals surface area contributed by atoms with E-state index in [1.165, 1.54) is 18.3 Å². The SMILES string of the molecule is O=C(CCC(N=Cc1ccccc1[O-])C(=O)[O-])Oc1ccccc1.[O]=[V+2]. The fourth-order valence-electron chi connectivity index (χ4n) is 1.94. The van der Waals surface area contributed by atoms with Crippen molar-refractivity contribution >= 4 is 18.2 Å². The summed E-state index contributed by atoms with van der Waals surface area (Å²) >= 11 is 1.06. The fourth-order valence-corrected chi connectivity index (χ4v) is 1.94.